The number of aliphatic hydroxyl groups excluding tert-OH is 3. The number of hydrogen-bond acceptors (Lipinski definition) is 5. The Balaban J connectivity index is 0. The van der Waals surface area contributed by atoms with E-state index in [1.165, 1.54) is 0 Å². The summed E-state index contributed by atoms with van der Waals surface area (Å²) in [4.78, 5) is 0. The quantitative estimate of drug-likeness (QED) is 0.394. The Labute approximate surface area is 75.4 Å². The van der Waals surface area contributed by atoms with Gasteiger partial charge in [0.05, 0.1) is 25.4 Å². The Bertz CT molecular complexity index is 87.8. The summed E-state index contributed by atoms with van der Waals surface area (Å²) < 4.78 is 1.92. The van der Waals surface area contributed by atoms with Crippen LogP contribution >= 0.6 is 9.39 Å². The molecular formula is C6H19N2O3P. The van der Waals surface area contributed by atoms with Gasteiger partial charge in [-0.05, 0) is 14.1 Å². The van der Waals surface area contributed by atoms with Gasteiger partial charge in [-0.3, -0.25) is 4.67 Å². The molecule has 0 saturated carbocycles. The lowest BCUT2D eigenvalue weighted by molar-refractivity contribution is 0.0698. The Kier molecular flexibility index (Phi) is 9.65. The highest BCUT2D eigenvalue weighted by Crippen LogP contribution is 1.93. The molecule has 0 aromatic carbocycles. The molecule has 0 aromatic rings. The maximum atomic E-state index is 8.34. The van der Waals surface area contributed by atoms with Crippen LogP contribution in [0.2, 0.25) is 0 Å². The van der Waals surface area contributed by atoms with Gasteiger partial charge in [-0.2, -0.15) is 0 Å². The van der Waals surface area contributed by atoms with Crippen molar-refractivity contribution in [2.45, 2.75) is 5.54 Å². The first-order chi connectivity index (χ1) is 5.41. The van der Waals surface area contributed by atoms with E-state index in [-0.39, 0.29) is 0 Å². The molecule has 0 bridgehead atoms. The zero-order valence-electron chi connectivity index (χ0n) is 7.56. The maximum absolute atomic E-state index is 8.34. The fourth-order valence-corrected chi connectivity index (χ4v) is 0.150. The third-order valence-electron chi connectivity index (χ3n) is 0.945. The van der Waals surface area contributed by atoms with Gasteiger partial charge >= 0.3 is 0 Å². The van der Waals surface area contributed by atoms with Gasteiger partial charge in [-0.25, -0.2) is 0 Å². The predicted molar refractivity (Wildman–Crippen MR) is 51.6 cm³/mol. The van der Waals surface area contributed by atoms with E-state index < -0.39 is 25.4 Å². The minimum absolute atomic E-state index is 0.403. The largest absolute Gasteiger partial charge is 0.394 e. The van der Waals surface area contributed by atoms with Gasteiger partial charge in [0.25, 0.3) is 0 Å². The van der Waals surface area contributed by atoms with Crippen molar-refractivity contribution in [3.05, 3.63) is 0 Å². The minimum atomic E-state index is -1.21. The molecule has 0 rings (SSSR count). The molecule has 0 heterocycles. The van der Waals surface area contributed by atoms with Crippen molar-refractivity contribution in [1.82, 2.24) is 4.67 Å². The van der Waals surface area contributed by atoms with Crippen molar-refractivity contribution in [1.29, 1.82) is 0 Å². The summed E-state index contributed by atoms with van der Waals surface area (Å²) in [6.07, 6.45) is 0. The van der Waals surface area contributed by atoms with Gasteiger partial charge in [-0.15, -0.1) is 0 Å². The van der Waals surface area contributed by atoms with Gasteiger partial charge in [0, 0.05) is 0 Å². The Morgan fingerprint density at radius 1 is 1.17 bits per heavy atom. The van der Waals surface area contributed by atoms with Gasteiger partial charge in [0.2, 0.25) is 0 Å². The van der Waals surface area contributed by atoms with E-state index in [0.29, 0.717) is 0 Å². The molecule has 0 aliphatic rings. The minimum Gasteiger partial charge on any atom is -0.394 e. The van der Waals surface area contributed by atoms with E-state index in [9.17, 15) is 0 Å². The van der Waals surface area contributed by atoms with Crippen LogP contribution in [0.15, 0.2) is 0 Å². The van der Waals surface area contributed by atoms with Crippen molar-refractivity contribution in [2.24, 2.45) is 5.73 Å². The number of hydrogen-bond donors (Lipinski definition) is 4. The average Bonchev–Trinajstić information content (AvgIpc) is 2.02. The summed E-state index contributed by atoms with van der Waals surface area (Å²) in [6, 6.07) is 0. The van der Waals surface area contributed by atoms with E-state index in [0.717, 1.165) is 0 Å². The fraction of sp³-hybridized carbons (Fsp3) is 1.00. The Hall–Kier alpha value is 0.230. The molecule has 0 aliphatic carbocycles. The van der Waals surface area contributed by atoms with E-state index in [2.05, 4.69) is 9.39 Å². The summed E-state index contributed by atoms with van der Waals surface area (Å²) in [5.41, 5.74) is 3.94. The summed E-state index contributed by atoms with van der Waals surface area (Å²) in [6.45, 7) is -1.21. The van der Waals surface area contributed by atoms with Gasteiger partial charge in [0.1, 0.15) is 0 Å². The first-order valence-electron chi connectivity index (χ1n) is 3.45. The topological polar surface area (TPSA) is 90.0 Å². The van der Waals surface area contributed by atoms with E-state index in [1.54, 1.807) is 0 Å². The summed E-state index contributed by atoms with van der Waals surface area (Å²) in [5.74, 6) is 0. The molecule has 1 atom stereocenters. The summed E-state index contributed by atoms with van der Waals surface area (Å²) in [5, 5.41) is 25.0. The van der Waals surface area contributed by atoms with Crippen molar-refractivity contribution in [3.8, 4) is 0 Å². The molecule has 0 spiro atoms. The standard InChI is InChI=1S/C4H11NO3.C2H8NP/c5-4(1-6,2-7)3-8;1-3(2)4/h6-8H,1-3,5H2;4H2,1-2H3. The first-order valence-corrected chi connectivity index (χ1v) is 3.97. The third-order valence-corrected chi connectivity index (χ3v) is 0.945. The molecule has 5 N–H and O–H groups in total. The maximum Gasteiger partial charge on any atom is 0.0856 e. The molecule has 0 amide bonds. The second kappa shape index (κ2) is 7.86. The third kappa shape index (κ3) is 10.2. The second-order valence-corrected chi connectivity index (χ2v) is 3.83. The lowest BCUT2D eigenvalue weighted by Crippen LogP contribution is -2.50. The SMILES string of the molecule is CN(C)P.NC(CO)(CO)CO. The van der Waals surface area contributed by atoms with Crippen LogP contribution in [0.1, 0.15) is 0 Å². The van der Waals surface area contributed by atoms with E-state index >= 15 is 0 Å². The highest BCUT2D eigenvalue weighted by atomic mass is 31.0. The van der Waals surface area contributed by atoms with Crippen molar-refractivity contribution in [3.63, 3.8) is 0 Å². The molecule has 0 saturated heterocycles. The second-order valence-electron chi connectivity index (χ2n) is 2.80. The van der Waals surface area contributed by atoms with E-state index in [1.807, 2.05) is 18.8 Å². The van der Waals surface area contributed by atoms with E-state index in [4.69, 9.17) is 21.1 Å². The fourth-order valence-electron chi connectivity index (χ4n) is 0.150. The average molecular weight is 198 g/mol. The van der Waals surface area contributed by atoms with Crippen LogP contribution in [0.5, 0.6) is 0 Å². The molecule has 1 unspecified atom stereocenters. The zero-order chi connectivity index (χ0) is 10.2. The zero-order valence-corrected chi connectivity index (χ0v) is 8.72. The highest BCUT2D eigenvalue weighted by molar-refractivity contribution is 7.13. The first kappa shape index (κ1) is 14.7. The van der Waals surface area contributed by atoms with Crippen LogP contribution in [0, 0.1) is 0 Å². The lowest BCUT2D eigenvalue weighted by atomic mass is 10.1. The van der Waals surface area contributed by atoms with Crippen LogP contribution in [0.4, 0.5) is 0 Å². The highest BCUT2D eigenvalue weighted by Gasteiger charge is 2.20. The van der Waals surface area contributed by atoms with Crippen molar-refractivity contribution >= 4 is 9.39 Å². The van der Waals surface area contributed by atoms with Crippen molar-refractivity contribution in [2.75, 3.05) is 33.9 Å². The Morgan fingerprint density at radius 2 is 1.33 bits per heavy atom. The number of aliphatic hydroxyl groups is 3. The van der Waals surface area contributed by atoms with Crippen LogP contribution in [-0.4, -0.2) is 59.4 Å². The lowest BCUT2D eigenvalue weighted by Gasteiger charge is -2.20. The van der Waals surface area contributed by atoms with Gasteiger partial charge < -0.3 is 21.1 Å². The van der Waals surface area contributed by atoms with Crippen LogP contribution < -0.4 is 5.73 Å². The molecule has 0 aliphatic heterocycles. The van der Waals surface area contributed by atoms with Crippen LogP contribution in [-0.2, 0) is 0 Å². The van der Waals surface area contributed by atoms with Crippen molar-refractivity contribution < 1.29 is 15.3 Å². The smallest absolute Gasteiger partial charge is 0.0856 e. The molecular weight excluding hydrogens is 179 g/mol. The molecule has 0 fully saturated rings. The monoisotopic (exact) mass is 198 g/mol. The number of nitrogens with two attached hydrogens (primary N) is 1. The Morgan fingerprint density at radius 3 is 1.33 bits per heavy atom. The van der Waals surface area contributed by atoms with Crippen LogP contribution in [0.3, 0.4) is 0 Å². The molecule has 12 heavy (non-hydrogen) atoms. The predicted octanol–water partition coefficient (Wildman–Crippen LogP) is -2.00. The normalized spacial score (nSPS) is 11.0. The summed E-state index contributed by atoms with van der Waals surface area (Å²) in [7, 11) is 6.42. The molecule has 0 aromatic heterocycles. The molecule has 6 heteroatoms. The molecule has 0 radical (unpaired) electrons. The van der Waals surface area contributed by atoms with Gasteiger partial charge in [-0.1, -0.05) is 9.39 Å². The van der Waals surface area contributed by atoms with Gasteiger partial charge in [0.15, 0.2) is 0 Å². The summed E-state index contributed by atoms with van der Waals surface area (Å²) >= 11 is 0. The van der Waals surface area contributed by atoms with Crippen LogP contribution in [0.25, 0.3) is 0 Å². The molecule has 5 nitrogen and oxygen atoms in total. The molecule has 76 valence electrons. The number of nitrogens with zero attached hydrogens (tertiary/aromatic N) is 1. The number of rotatable bonds is 3.